The van der Waals surface area contributed by atoms with E-state index in [2.05, 4.69) is 33.2 Å². The van der Waals surface area contributed by atoms with E-state index in [1.54, 1.807) is 6.20 Å². The fourth-order valence-corrected chi connectivity index (χ4v) is 2.79. The average Bonchev–Trinajstić information content (AvgIpc) is 2.77. The lowest BCUT2D eigenvalue weighted by atomic mass is 10.1. The van der Waals surface area contributed by atoms with E-state index in [0.717, 1.165) is 12.8 Å². The summed E-state index contributed by atoms with van der Waals surface area (Å²) in [5.74, 6) is -0.413. The Morgan fingerprint density at radius 3 is 2.89 bits per heavy atom. The predicted octanol–water partition coefficient (Wildman–Crippen LogP) is 3.62. The van der Waals surface area contributed by atoms with Crippen molar-refractivity contribution in [2.75, 3.05) is 0 Å². The van der Waals surface area contributed by atoms with E-state index < -0.39 is 5.82 Å². The second kappa shape index (κ2) is 5.98. The van der Waals surface area contributed by atoms with Crippen LogP contribution in [0.2, 0.25) is 5.02 Å². The first-order valence-corrected chi connectivity index (χ1v) is 7.02. The van der Waals surface area contributed by atoms with Gasteiger partial charge < -0.3 is 5.73 Å². The van der Waals surface area contributed by atoms with Crippen molar-refractivity contribution in [3.8, 4) is 5.69 Å². The molecule has 0 saturated heterocycles. The summed E-state index contributed by atoms with van der Waals surface area (Å²) in [7, 11) is 0. The van der Waals surface area contributed by atoms with Crippen LogP contribution in [0.4, 0.5) is 4.39 Å². The quantitative estimate of drug-likeness (QED) is 0.919. The molecule has 1 heterocycles. The summed E-state index contributed by atoms with van der Waals surface area (Å²) in [5, 5.41) is 8.28. The van der Waals surface area contributed by atoms with Gasteiger partial charge >= 0.3 is 0 Å². The van der Waals surface area contributed by atoms with Crippen LogP contribution in [0, 0.1) is 5.82 Å². The van der Waals surface area contributed by atoms with Gasteiger partial charge in [0.2, 0.25) is 0 Å². The Labute approximate surface area is 123 Å². The molecule has 0 radical (unpaired) electrons. The molecular formula is C12H13BrClFN4. The summed E-state index contributed by atoms with van der Waals surface area (Å²) in [6, 6.07) is 2.40. The van der Waals surface area contributed by atoms with Crippen molar-refractivity contribution in [1.82, 2.24) is 15.0 Å². The molecule has 0 aliphatic heterocycles. The van der Waals surface area contributed by atoms with Crippen molar-refractivity contribution >= 4 is 27.5 Å². The van der Waals surface area contributed by atoms with Gasteiger partial charge in [0.05, 0.1) is 28.6 Å². The number of nitrogens with zero attached hydrogens (tertiary/aromatic N) is 3. The molecule has 2 aromatic rings. The normalized spacial score (nSPS) is 12.7. The molecule has 1 aromatic carbocycles. The molecule has 1 unspecified atom stereocenters. The minimum absolute atomic E-state index is 0.156. The summed E-state index contributed by atoms with van der Waals surface area (Å²) < 4.78 is 15.2. The van der Waals surface area contributed by atoms with Crippen LogP contribution in [-0.4, -0.2) is 15.0 Å². The molecule has 7 heteroatoms. The third-order valence-corrected chi connectivity index (χ3v) is 3.59. The molecule has 1 aromatic heterocycles. The number of halogens is 3. The first kappa shape index (κ1) is 14.4. The minimum atomic E-state index is -0.413. The van der Waals surface area contributed by atoms with E-state index in [9.17, 15) is 4.39 Å². The van der Waals surface area contributed by atoms with Crippen molar-refractivity contribution in [3.63, 3.8) is 0 Å². The Kier molecular flexibility index (Phi) is 4.54. The van der Waals surface area contributed by atoms with Gasteiger partial charge in [0, 0.05) is 4.47 Å². The summed E-state index contributed by atoms with van der Waals surface area (Å²) in [4.78, 5) is 0. The van der Waals surface area contributed by atoms with Gasteiger partial charge in [-0.3, -0.25) is 0 Å². The van der Waals surface area contributed by atoms with Crippen LogP contribution >= 0.6 is 27.5 Å². The Morgan fingerprint density at radius 2 is 2.26 bits per heavy atom. The fraction of sp³-hybridized carbons (Fsp3) is 0.333. The second-order valence-corrected chi connectivity index (χ2v) is 5.46. The molecule has 0 bridgehead atoms. The maximum absolute atomic E-state index is 13.2. The minimum Gasteiger partial charge on any atom is -0.323 e. The first-order valence-electron chi connectivity index (χ1n) is 5.85. The number of hydrogen-bond acceptors (Lipinski definition) is 3. The molecule has 19 heavy (non-hydrogen) atoms. The zero-order valence-electron chi connectivity index (χ0n) is 10.3. The number of nitrogens with two attached hydrogens (primary N) is 1. The Balaban J connectivity index is 2.38. The zero-order chi connectivity index (χ0) is 14.0. The van der Waals surface area contributed by atoms with Crippen LogP contribution in [0.15, 0.2) is 22.8 Å². The average molecular weight is 348 g/mol. The summed E-state index contributed by atoms with van der Waals surface area (Å²) in [6.07, 6.45) is 3.51. The van der Waals surface area contributed by atoms with E-state index in [1.807, 2.05) is 0 Å². The van der Waals surface area contributed by atoms with E-state index in [-0.39, 0.29) is 11.1 Å². The molecular weight excluding hydrogens is 335 g/mol. The van der Waals surface area contributed by atoms with Crippen LogP contribution in [0.5, 0.6) is 0 Å². The number of aromatic nitrogens is 3. The lowest BCUT2D eigenvalue weighted by Gasteiger charge is -2.07. The number of benzene rings is 1. The van der Waals surface area contributed by atoms with E-state index in [0.29, 0.717) is 15.9 Å². The van der Waals surface area contributed by atoms with Crippen LogP contribution < -0.4 is 5.73 Å². The van der Waals surface area contributed by atoms with Gasteiger partial charge in [-0.25, -0.2) is 9.07 Å². The van der Waals surface area contributed by atoms with E-state index in [4.69, 9.17) is 17.3 Å². The van der Waals surface area contributed by atoms with Gasteiger partial charge in [0.1, 0.15) is 5.82 Å². The molecule has 0 fully saturated rings. The maximum Gasteiger partial charge on any atom is 0.125 e. The third kappa shape index (κ3) is 3.13. The zero-order valence-corrected chi connectivity index (χ0v) is 12.6. The molecule has 0 aliphatic rings. The van der Waals surface area contributed by atoms with Gasteiger partial charge in [0.15, 0.2) is 0 Å². The van der Waals surface area contributed by atoms with Crippen LogP contribution in [0.25, 0.3) is 5.69 Å². The highest BCUT2D eigenvalue weighted by molar-refractivity contribution is 9.10. The van der Waals surface area contributed by atoms with Gasteiger partial charge in [0.25, 0.3) is 0 Å². The number of hydrogen-bond donors (Lipinski definition) is 1. The molecule has 102 valence electrons. The first-order chi connectivity index (χ1) is 9.02. The largest absolute Gasteiger partial charge is 0.323 e. The third-order valence-electron chi connectivity index (χ3n) is 2.70. The van der Waals surface area contributed by atoms with Gasteiger partial charge in [-0.1, -0.05) is 30.2 Å². The van der Waals surface area contributed by atoms with Crippen LogP contribution in [-0.2, 0) is 0 Å². The second-order valence-electron chi connectivity index (χ2n) is 4.20. The van der Waals surface area contributed by atoms with Crippen molar-refractivity contribution in [2.45, 2.75) is 25.8 Å². The standard InChI is InChI=1S/C12H13BrClFN4/c1-2-3-10(16)11-6-19(18-17-11)12-8(13)4-7(15)5-9(12)14/h4-6,10H,2-3,16H2,1H3. The Bertz CT molecular complexity index is 564. The van der Waals surface area contributed by atoms with Gasteiger partial charge in [-0.05, 0) is 34.5 Å². The fourth-order valence-electron chi connectivity index (χ4n) is 1.77. The molecule has 1 atom stereocenters. The Hall–Kier alpha value is -0.980. The molecule has 0 saturated carbocycles. The molecule has 0 aliphatic carbocycles. The molecule has 2 rings (SSSR count). The van der Waals surface area contributed by atoms with Gasteiger partial charge in [-0.15, -0.1) is 5.10 Å². The molecule has 4 nitrogen and oxygen atoms in total. The summed E-state index contributed by atoms with van der Waals surface area (Å²) in [5.41, 5.74) is 7.21. The highest BCUT2D eigenvalue weighted by Gasteiger charge is 2.15. The smallest absolute Gasteiger partial charge is 0.125 e. The number of rotatable bonds is 4. The van der Waals surface area contributed by atoms with Crippen molar-refractivity contribution in [1.29, 1.82) is 0 Å². The van der Waals surface area contributed by atoms with Crippen molar-refractivity contribution in [3.05, 3.63) is 39.3 Å². The monoisotopic (exact) mass is 346 g/mol. The summed E-state index contributed by atoms with van der Waals surface area (Å²) in [6.45, 7) is 2.05. The van der Waals surface area contributed by atoms with E-state index >= 15 is 0 Å². The van der Waals surface area contributed by atoms with Crippen LogP contribution in [0.3, 0.4) is 0 Å². The topological polar surface area (TPSA) is 56.7 Å². The van der Waals surface area contributed by atoms with Crippen molar-refractivity contribution < 1.29 is 4.39 Å². The van der Waals surface area contributed by atoms with E-state index in [1.165, 1.54) is 16.8 Å². The SMILES string of the molecule is CCCC(N)c1cn(-c2c(Cl)cc(F)cc2Br)nn1. The predicted molar refractivity (Wildman–Crippen MR) is 75.9 cm³/mol. The highest BCUT2D eigenvalue weighted by atomic mass is 79.9. The lowest BCUT2D eigenvalue weighted by molar-refractivity contribution is 0.619. The molecule has 0 amide bonds. The summed E-state index contributed by atoms with van der Waals surface area (Å²) >= 11 is 9.30. The molecule has 0 spiro atoms. The Morgan fingerprint density at radius 1 is 1.53 bits per heavy atom. The lowest BCUT2D eigenvalue weighted by Crippen LogP contribution is -2.10. The molecule has 2 N–H and O–H groups in total. The van der Waals surface area contributed by atoms with Crippen LogP contribution in [0.1, 0.15) is 31.5 Å². The maximum atomic E-state index is 13.2. The van der Waals surface area contributed by atoms with Crippen molar-refractivity contribution in [2.24, 2.45) is 5.73 Å². The highest BCUT2D eigenvalue weighted by Crippen LogP contribution is 2.30. The van der Waals surface area contributed by atoms with Gasteiger partial charge in [-0.2, -0.15) is 0 Å².